The number of thiocarbonyl (C=S) groups is 1. The minimum Gasteiger partial charge on any atom is -0.504 e. The number of hydrogen-bond donors (Lipinski definition) is 1. The first-order chi connectivity index (χ1) is 13.0. The van der Waals surface area contributed by atoms with E-state index < -0.39 is 0 Å². The van der Waals surface area contributed by atoms with Gasteiger partial charge in [0.15, 0.2) is 15.8 Å². The van der Waals surface area contributed by atoms with Crippen molar-refractivity contribution in [1.29, 1.82) is 0 Å². The lowest BCUT2D eigenvalue weighted by Crippen LogP contribution is -2.27. The van der Waals surface area contributed by atoms with Crippen LogP contribution in [0.4, 0.5) is 5.69 Å². The van der Waals surface area contributed by atoms with E-state index in [1.807, 2.05) is 19.1 Å². The van der Waals surface area contributed by atoms with Gasteiger partial charge in [0.2, 0.25) is 0 Å². The van der Waals surface area contributed by atoms with Crippen molar-refractivity contribution in [3.8, 4) is 17.2 Å². The molecule has 27 heavy (non-hydrogen) atoms. The Morgan fingerprint density at radius 3 is 2.74 bits per heavy atom. The quantitative estimate of drug-likeness (QED) is 0.496. The van der Waals surface area contributed by atoms with Gasteiger partial charge in [-0.25, -0.2) is 0 Å². The second kappa shape index (κ2) is 8.33. The molecule has 0 aliphatic carbocycles. The molecule has 1 saturated heterocycles. The maximum atomic E-state index is 13.0. The van der Waals surface area contributed by atoms with Gasteiger partial charge in [-0.1, -0.05) is 52.0 Å². The van der Waals surface area contributed by atoms with E-state index >= 15 is 0 Å². The van der Waals surface area contributed by atoms with Gasteiger partial charge in [0.1, 0.15) is 5.75 Å². The van der Waals surface area contributed by atoms with E-state index in [-0.39, 0.29) is 11.7 Å². The average molecular weight is 466 g/mol. The molecule has 2 aromatic rings. The van der Waals surface area contributed by atoms with Crippen LogP contribution in [0.1, 0.15) is 12.5 Å². The number of aromatic hydroxyl groups is 1. The molecular formula is C19H16BrNO4S2. The second-order valence-electron chi connectivity index (χ2n) is 5.46. The Kier molecular flexibility index (Phi) is 6.08. The summed E-state index contributed by atoms with van der Waals surface area (Å²) < 4.78 is 11.8. The third-order valence-electron chi connectivity index (χ3n) is 3.78. The minimum absolute atomic E-state index is 0.0300. The number of halogens is 1. The highest BCUT2D eigenvalue weighted by molar-refractivity contribution is 9.10. The van der Waals surface area contributed by atoms with Gasteiger partial charge in [-0.05, 0) is 42.8 Å². The van der Waals surface area contributed by atoms with Crippen molar-refractivity contribution in [2.75, 3.05) is 18.6 Å². The molecule has 0 unspecified atom stereocenters. The third-order valence-corrected chi connectivity index (χ3v) is 5.77. The minimum atomic E-state index is -0.229. The molecule has 8 heteroatoms. The number of anilines is 1. The molecule has 0 saturated carbocycles. The number of thioether (sulfide) groups is 1. The molecule has 0 aromatic heterocycles. The van der Waals surface area contributed by atoms with Crippen molar-refractivity contribution in [2.24, 2.45) is 0 Å². The van der Waals surface area contributed by atoms with Crippen LogP contribution in [-0.4, -0.2) is 29.1 Å². The lowest BCUT2D eigenvalue weighted by atomic mass is 10.1. The highest BCUT2D eigenvalue weighted by Crippen LogP contribution is 2.41. The Hall–Kier alpha value is -2.03. The van der Waals surface area contributed by atoms with Gasteiger partial charge in [0.05, 0.1) is 24.3 Å². The number of carbonyl (C=O) groups excluding carboxylic acids is 1. The fourth-order valence-corrected chi connectivity index (χ4v) is 4.29. The normalized spacial score (nSPS) is 15.5. The van der Waals surface area contributed by atoms with Gasteiger partial charge in [-0.3, -0.25) is 9.69 Å². The molecule has 1 heterocycles. The van der Waals surface area contributed by atoms with Gasteiger partial charge >= 0.3 is 0 Å². The van der Waals surface area contributed by atoms with Crippen molar-refractivity contribution in [2.45, 2.75) is 6.92 Å². The van der Waals surface area contributed by atoms with Crippen LogP contribution in [0.5, 0.6) is 17.2 Å². The Labute approximate surface area is 175 Å². The number of nitrogens with zero attached hydrogens (tertiary/aromatic N) is 1. The predicted molar refractivity (Wildman–Crippen MR) is 116 cm³/mol. The third kappa shape index (κ3) is 3.97. The Morgan fingerprint density at radius 2 is 2.04 bits per heavy atom. The summed E-state index contributed by atoms with van der Waals surface area (Å²) in [6.07, 6.45) is 1.72. The van der Waals surface area contributed by atoms with Gasteiger partial charge < -0.3 is 14.6 Å². The number of rotatable bonds is 5. The molecule has 3 rings (SSSR count). The zero-order valence-corrected chi connectivity index (χ0v) is 17.8. The van der Waals surface area contributed by atoms with Crippen molar-refractivity contribution in [1.82, 2.24) is 0 Å². The lowest BCUT2D eigenvalue weighted by molar-refractivity contribution is -0.113. The molecular weight excluding hydrogens is 450 g/mol. The number of benzene rings is 2. The topological polar surface area (TPSA) is 59.0 Å². The maximum Gasteiger partial charge on any atom is 0.270 e. The van der Waals surface area contributed by atoms with E-state index in [4.69, 9.17) is 21.7 Å². The van der Waals surface area contributed by atoms with E-state index in [2.05, 4.69) is 15.9 Å². The van der Waals surface area contributed by atoms with Crippen LogP contribution >= 0.6 is 39.9 Å². The van der Waals surface area contributed by atoms with E-state index in [1.165, 1.54) is 22.7 Å². The number of carbonyl (C=O) groups is 1. The number of amides is 1. The van der Waals surface area contributed by atoms with Crippen molar-refractivity contribution >= 4 is 61.9 Å². The van der Waals surface area contributed by atoms with E-state index in [0.717, 1.165) is 0 Å². The van der Waals surface area contributed by atoms with Gasteiger partial charge in [-0.15, -0.1) is 0 Å². The van der Waals surface area contributed by atoms with Crippen LogP contribution in [0.3, 0.4) is 0 Å². The van der Waals surface area contributed by atoms with Crippen LogP contribution in [-0.2, 0) is 4.79 Å². The molecule has 1 aliphatic heterocycles. The number of hydrogen-bond acceptors (Lipinski definition) is 6. The standard InChI is InChI=1S/C19H16BrNO4S2/c1-3-25-16-8-11(12(20)10-14(16)22)9-17-18(23)21(19(26)27-17)13-6-4-5-7-15(13)24-2/h4-10,22H,3H2,1-2H3/b17-9-. The largest absolute Gasteiger partial charge is 0.504 e. The van der Waals surface area contributed by atoms with E-state index in [0.29, 0.717) is 43.1 Å². The summed E-state index contributed by atoms with van der Waals surface area (Å²) in [6.45, 7) is 2.25. The van der Waals surface area contributed by atoms with Crippen LogP contribution in [0, 0.1) is 0 Å². The Morgan fingerprint density at radius 1 is 1.30 bits per heavy atom. The first-order valence-electron chi connectivity index (χ1n) is 8.02. The average Bonchev–Trinajstić information content (AvgIpc) is 2.92. The summed E-state index contributed by atoms with van der Waals surface area (Å²) in [5.41, 5.74) is 1.31. The molecule has 0 radical (unpaired) electrons. The van der Waals surface area contributed by atoms with Crippen molar-refractivity contribution in [3.63, 3.8) is 0 Å². The predicted octanol–water partition coefficient (Wildman–Crippen LogP) is 4.97. The van der Waals surface area contributed by atoms with Gasteiger partial charge in [0, 0.05) is 4.47 Å². The summed E-state index contributed by atoms with van der Waals surface area (Å²) >= 11 is 10.0. The number of ether oxygens (including phenoxy) is 2. The number of phenols is 1. The van der Waals surface area contributed by atoms with Crippen molar-refractivity contribution in [3.05, 3.63) is 51.3 Å². The summed E-state index contributed by atoms with van der Waals surface area (Å²) in [5, 5.41) is 9.96. The molecule has 1 fully saturated rings. The SMILES string of the molecule is CCOc1cc(/C=C2\SC(=S)N(c3ccccc3OC)C2=O)c(Br)cc1O. The molecule has 5 nitrogen and oxygen atoms in total. The highest BCUT2D eigenvalue weighted by Gasteiger charge is 2.35. The van der Waals surface area contributed by atoms with E-state index in [9.17, 15) is 9.90 Å². The van der Waals surface area contributed by atoms with Gasteiger partial charge in [0.25, 0.3) is 5.91 Å². The molecule has 140 valence electrons. The summed E-state index contributed by atoms with van der Waals surface area (Å²) in [5.74, 6) is 0.724. The summed E-state index contributed by atoms with van der Waals surface area (Å²) in [4.78, 5) is 14.9. The lowest BCUT2D eigenvalue weighted by Gasteiger charge is -2.17. The first-order valence-corrected chi connectivity index (χ1v) is 10.0. The summed E-state index contributed by atoms with van der Waals surface area (Å²) in [6, 6.07) is 10.4. The highest BCUT2D eigenvalue weighted by atomic mass is 79.9. The molecule has 1 amide bonds. The molecule has 2 aromatic carbocycles. The molecule has 0 atom stereocenters. The molecule has 0 bridgehead atoms. The number of phenolic OH excluding ortho intramolecular Hbond substituents is 1. The number of para-hydroxylation sites is 2. The van der Waals surface area contributed by atoms with E-state index in [1.54, 1.807) is 31.4 Å². The summed E-state index contributed by atoms with van der Waals surface area (Å²) in [7, 11) is 1.55. The van der Waals surface area contributed by atoms with Crippen LogP contribution in [0.25, 0.3) is 6.08 Å². The molecule has 1 N–H and O–H groups in total. The van der Waals surface area contributed by atoms with Crippen LogP contribution in [0.2, 0.25) is 0 Å². The zero-order chi connectivity index (χ0) is 19.6. The first kappa shape index (κ1) is 19.7. The number of methoxy groups -OCH3 is 1. The van der Waals surface area contributed by atoms with Gasteiger partial charge in [-0.2, -0.15) is 0 Å². The zero-order valence-electron chi connectivity index (χ0n) is 14.6. The maximum absolute atomic E-state index is 13.0. The smallest absolute Gasteiger partial charge is 0.270 e. The second-order valence-corrected chi connectivity index (χ2v) is 7.99. The van der Waals surface area contributed by atoms with Crippen LogP contribution < -0.4 is 14.4 Å². The molecule has 0 spiro atoms. The Balaban J connectivity index is 1.99. The Bertz CT molecular complexity index is 945. The fraction of sp³-hybridized carbons (Fsp3) is 0.158. The van der Waals surface area contributed by atoms with Crippen molar-refractivity contribution < 1.29 is 19.4 Å². The monoisotopic (exact) mass is 465 g/mol. The van der Waals surface area contributed by atoms with Crippen LogP contribution in [0.15, 0.2) is 45.8 Å². The molecule has 1 aliphatic rings. The fourth-order valence-electron chi connectivity index (χ4n) is 2.57.